The van der Waals surface area contributed by atoms with Crippen molar-refractivity contribution in [2.75, 3.05) is 7.11 Å². The van der Waals surface area contributed by atoms with Gasteiger partial charge in [0.15, 0.2) is 0 Å². The van der Waals surface area contributed by atoms with E-state index in [0.717, 1.165) is 41.4 Å². The van der Waals surface area contributed by atoms with E-state index in [1.54, 1.807) is 7.11 Å². The molecule has 0 radical (unpaired) electrons. The lowest BCUT2D eigenvalue weighted by molar-refractivity contribution is -0.121. The van der Waals surface area contributed by atoms with Gasteiger partial charge in [-0.2, -0.15) is 0 Å². The van der Waals surface area contributed by atoms with Gasteiger partial charge in [0.2, 0.25) is 5.91 Å². The Morgan fingerprint density at radius 3 is 2.61 bits per heavy atom. The zero-order chi connectivity index (χ0) is 20.1. The number of benzene rings is 1. The molecule has 6 nitrogen and oxygen atoms in total. The van der Waals surface area contributed by atoms with E-state index in [1.165, 1.54) is 12.8 Å². The van der Waals surface area contributed by atoms with Gasteiger partial charge in [-0.05, 0) is 43.7 Å². The van der Waals surface area contributed by atoms with E-state index in [9.17, 15) is 4.79 Å². The van der Waals surface area contributed by atoms with Crippen LogP contribution < -0.4 is 10.1 Å². The van der Waals surface area contributed by atoms with Gasteiger partial charge >= 0.3 is 0 Å². The summed E-state index contributed by atoms with van der Waals surface area (Å²) in [5, 5.41) is 11.8. The van der Waals surface area contributed by atoms with Crippen molar-refractivity contribution in [3.8, 4) is 5.75 Å². The van der Waals surface area contributed by atoms with Crippen LogP contribution in [0.25, 0.3) is 0 Å². The molecule has 1 aliphatic rings. The van der Waals surface area contributed by atoms with Crippen LogP contribution in [0.15, 0.2) is 18.2 Å². The summed E-state index contributed by atoms with van der Waals surface area (Å²) >= 11 is 0. The van der Waals surface area contributed by atoms with Crippen molar-refractivity contribution in [2.45, 2.75) is 71.9 Å². The molecule has 1 heterocycles. The lowest BCUT2D eigenvalue weighted by atomic mass is 10.1. The second-order valence-corrected chi connectivity index (χ2v) is 8.16. The number of ether oxygens (including phenoxy) is 1. The number of hydrogen-bond donors (Lipinski definition) is 1. The number of amides is 1. The van der Waals surface area contributed by atoms with Gasteiger partial charge in [0.25, 0.3) is 0 Å². The van der Waals surface area contributed by atoms with Crippen LogP contribution >= 0.6 is 0 Å². The standard InChI is InChI=1S/C22H32N4O2/c1-15(2)5-10-20-24-25-21(26(20)18-8-9-18)11-12-22(27)23-14-17-7-6-16(3)13-19(17)28-4/h6-7,13,15,18H,5,8-12,14H2,1-4H3,(H,23,27). The third-order valence-electron chi connectivity index (χ3n) is 5.19. The topological polar surface area (TPSA) is 69.0 Å². The zero-order valence-corrected chi connectivity index (χ0v) is 17.5. The monoisotopic (exact) mass is 384 g/mol. The Balaban J connectivity index is 1.55. The van der Waals surface area contributed by atoms with Gasteiger partial charge in [-0.1, -0.05) is 26.0 Å². The lowest BCUT2D eigenvalue weighted by Gasteiger charge is -2.11. The van der Waals surface area contributed by atoms with Gasteiger partial charge in [0.1, 0.15) is 17.4 Å². The Labute approximate surface area is 167 Å². The van der Waals surface area contributed by atoms with Gasteiger partial charge in [0, 0.05) is 37.4 Å². The molecule has 1 aliphatic carbocycles. The second kappa shape index (κ2) is 9.22. The molecule has 0 spiro atoms. The van der Waals surface area contributed by atoms with Crippen LogP contribution in [0.4, 0.5) is 0 Å². The molecule has 0 unspecified atom stereocenters. The highest BCUT2D eigenvalue weighted by molar-refractivity contribution is 5.76. The predicted molar refractivity (Wildman–Crippen MR) is 109 cm³/mol. The number of aryl methyl sites for hydroxylation is 3. The van der Waals surface area contributed by atoms with Crippen molar-refractivity contribution in [2.24, 2.45) is 5.92 Å². The van der Waals surface area contributed by atoms with E-state index < -0.39 is 0 Å². The predicted octanol–water partition coefficient (Wildman–Crippen LogP) is 3.77. The van der Waals surface area contributed by atoms with Gasteiger partial charge in [-0.3, -0.25) is 4.79 Å². The average Bonchev–Trinajstić information content (AvgIpc) is 3.43. The zero-order valence-electron chi connectivity index (χ0n) is 17.5. The Kier molecular flexibility index (Phi) is 6.70. The summed E-state index contributed by atoms with van der Waals surface area (Å²) in [6.45, 7) is 6.95. The minimum Gasteiger partial charge on any atom is -0.496 e. The second-order valence-electron chi connectivity index (χ2n) is 8.16. The highest BCUT2D eigenvalue weighted by atomic mass is 16.5. The molecule has 0 bridgehead atoms. The molecule has 1 fully saturated rings. The summed E-state index contributed by atoms with van der Waals surface area (Å²) in [6.07, 6.45) is 5.51. The number of aromatic nitrogens is 3. The lowest BCUT2D eigenvalue weighted by Crippen LogP contribution is -2.24. The van der Waals surface area contributed by atoms with Crippen molar-refractivity contribution in [3.63, 3.8) is 0 Å². The number of hydrogen-bond acceptors (Lipinski definition) is 4. The van der Waals surface area contributed by atoms with Gasteiger partial charge < -0.3 is 14.6 Å². The SMILES string of the molecule is COc1cc(C)ccc1CNC(=O)CCc1nnc(CCC(C)C)n1C1CC1. The van der Waals surface area contributed by atoms with Crippen molar-refractivity contribution in [3.05, 3.63) is 41.0 Å². The highest BCUT2D eigenvalue weighted by Crippen LogP contribution is 2.37. The van der Waals surface area contributed by atoms with E-state index >= 15 is 0 Å². The molecule has 1 aromatic carbocycles. The van der Waals surface area contributed by atoms with Gasteiger partial charge in [0.05, 0.1) is 7.11 Å². The fourth-order valence-corrected chi connectivity index (χ4v) is 3.38. The third-order valence-corrected chi connectivity index (χ3v) is 5.19. The molecule has 6 heteroatoms. The van der Waals surface area contributed by atoms with E-state index in [4.69, 9.17) is 4.74 Å². The molecule has 152 valence electrons. The van der Waals surface area contributed by atoms with Crippen molar-refractivity contribution in [1.29, 1.82) is 0 Å². The molecule has 0 atom stereocenters. The minimum atomic E-state index is 0.0247. The molecule has 1 amide bonds. The fraction of sp³-hybridized carbons (Fsp3) is 0.591. The molecular weight excluding hydrogens is 352 g/mol. The number of carbonyl (C=O) groups is 1. The molecular formula is C22H32N4O2. The first kappa shape index (κ1) is 20.4. The number of nitrogens with zero attached hydrogens (tertiary/aromatic N) is 3. The minimum absolute atomic E-state index is 0.0247. The molecule has 28 heavy (non-hydrogen) atoms. The van der Waals surface area contributed by atoms with Crippen molar-refractivity contribution >= 4 is 5.91 Å². The molecule has 1 saturated carbocycles. The first-order valence-electron chi connectivity index (χ1n) is 10.3. The maximum atomic E-state index is 12.4. The van der Waals surface area contributed by atoms with E-state index in [-0.39, 0.29) is 5.91 Å². The summed E-state index contributed by atoms with van der Waals surface area (Å²) in [5.41, 5.74) is 2.12. The highest BCUT2D eigenvalue weighted by Gasteiger charge is 2.29. The molecule has 1 N–H and O–H groups in total. The Morgan fingerprint density at radius 2 is 1.96 bits per heavy atom. The Hall–Kier alpha value is -2.37. The van der Waals surface area contributed by atoms with Crippen LogP contribution in [-0.2, 0) is 24.2 Å². The first-order valence-corrected chi connectivity index (χ1v) is 10.3. The smallest absolute Gasteiger partial charge is 0.220 e. The number of methoxy groups -OCH3 is 1. The van der Waals surface area contributed by atoms with Crippen LogP contribution in [-0.4, -0.2) is 27.8 Å². The summed E-state index contributed by atoms with van der Waals surface area (Å²) < 4.78 is 7.70. The van der Waals surface area contributed by atoms with Gasteiger partial charge in [-0.15, -0.1) is 10.2 Å². The number of nitrogens with one attached hydrogen (secondary N) is 1. The maximum Gasteiger partial charge on any atom is 0.220 e. The van der Waals surface area contributed by atoms with Crippen LogP contribution in [0.1, 0.15) is 68.3 Å². The number of rotatable bonds is 10. The maximum absolute atomic E-state index is 12.4. The van der Waals surface area contributed by atoms with Crippen LogP contribution in [0.5, 0.6) is 5.75 Å². The molecule has 2 aromatic rings. The molecule has 3 rings (SSSR count). The first-order chi connectivity index (χ1) is 13.5. The Morgan fingerprint density at radius 1 is 1.25 bits per heavy atom. The molecule has 1 aromatic heterocycles. The summed E-state index contributed by atoms with van der Waals surface area (Å²) in [5.74, 6) is 3.51. The average molecular weight is 385 g/mol. The summed E-state index contributed by atoms with van der Waals surface area (Å²) in [4.78, 5) is 12.4. The van der Waals surface area contributed by atoms with Crippen LogP contribution in [0.2, 0.25) is 0 Å². The summed E-state index contributed by atoms with van der Waals surface area (Å²) in [7, 11) is 1.65. The summed E-state index contributed by atoms with van der Waals surface area (Å²) in [6, 6.07) is 6.55. The molecule has 0 saturated heterocycles. The van der Waals surface area contributed by atoms with Crippen molar-refractivity contribution < 1.29 is 9.53 Å². The quantitative estimate of drug-likeness (QED) is 0.677. The van der Waals surface area contributed by atoms with Crippen LogP contribution in [0.3, 0.4) is 0 Å². The normalized spacial score (nSPS) is 13.8. The largest absolute Gasteiger partial charge is 0.496 e. The molecule has 0 aliphatic heterocycles. The number of carbonyl (C=O) groups excluding carboxylic acids is 1. The van der Waals surface area contributed by atoms with Crippen molar-refractivity contribution in [1.82, 2.24) is 20.1 Å². The fourth-order valence-electron chi connectivity index (χ4n) is 3.38. The van der Waals surface area contributed by atoms with Crippen LogP contribution in [0, 0.1) is 12.8 Å². The van der Waals surface area contributed by atoms with Gasteiger partial charge in [-0.25, -0.2) is 0 Å². The van der Waals surface area contributed by atoms with E-state index in [1.807, 2.05) is 25.1 Å². The van der Waals surface area contributed by atoms with E-state index in [0.29, 0.717) is 31.3 Å². The third kappa shape index (κ3) is 5.33. The Bertz CT molecular complexity index is 809. The van der Waals surface area contributed by atoms with E-state index in [2.05, 4.69) is 33.9 Å².